The van der Waals surface area contributed by atoms with Crippen molar-refractivity contribution in [1.82, 2.24) is 44.0 Å². The normalized spacial score (nSPS) is 11.3. The third-order valence-corrected chi connectivity index (χ3v) is 10.6. The molecule has 0 bridgehead atoms. The molecule has 0 aliphatic heterocycles. The summed E-state index contributed by atoms with van der Waals surface area (Å²) in [5.41, 5.74) is 12.6. The van der Waals surface area contributed by atoms with Crippen LogP contribution in [0, 0.1) is 0 Å². The monoisotopic (exact) mass is 771 g/mol. The highest BCUT2D eigenvalue weighted by Crippen LogP contribution is 2.33. The van der Waals surface area contributed by atoms with Crippen LogP contribution in [0.1, 0.15) is 0 Å². The lowest BCUT2D eigenvalue weighted by Gasteiger charge is -2.13. The molecule has 5 aromatic heterocycles. The number of benzene rings is 6. The Balaban J connectivity index is 1.02. The quantitative estimate of drug-likeness (QED) is 0.152. The van der Waals surface area contributed by atoms with Gasteiger partial charge in [0.2, 0.25) is 0 Å². The van der Waals surface area contributed by atoms with Gasteiger partial charge in [0, 0.05) is 64.0 Å². The molecule has 0 amide bonds. The molecule has 0 fully saturated rings. The van der Waals surface area contributed by atoms with E-state index in [1.54, 1.807) is 24.8 Å². The van der Waals surface area contributed by atoms with Crippen LogP contribution in [0.3, 0.4) is 0 Å². The first-order valence-corrected chi connectivity index (χ1v) is 19.6. The Morgan fingerprint density at radius 2 is 0.700 bits per heavy atom. The van der Waals surface area contributed by atoms with Crippen molar-refractivity contribution < 1.29 is 0 Å². The topological polar surface area (TPSA) is 100 Å². The fourth-order valence-corrected chi connectivity index (χ4v) is 7.71. The van der Waals surface area contributed by atoms with E-state index in [2.05, 4.69) is 116 Å². The summed E-state index contributed by atoms with van der Waals surface area (Å²) in [5, 5.41) is 0. The third kappa shape index (κ3) is 6.36. The van der Waals surface area contributed by atoms with Crippen molar-refractivity contribution in [2.75, 3.05) is 0 Å². The second-order valence-corrected chi connectivity index (χ2v) is 14.3. The number of para-hydroxylation sites is 4. The number of rotatable bonds is 8. The zero-order valence-electron chi connectivity index (χ0n) is 32.1. The van der Waals surface area contributed by atoms with Crippen LogP contribution in [-0.2, 0) is 0 Å². The van der Waals surface area contributed by atoms with Gasteiger partial charge in [-0.1, -0.05) is 72.8 Å². The molecule has 282 valence electrons. The highest BCUT2D eigenvalue weighted by molar-refractivity contribution is 5.85. The highest BCUT2D eigenvalue weighted by atomic mass is 15.1. The Hall–Kier alpha value is -8.43. The largest absolute Gasteiger partial charge is 0.292 e. The van der Waals surface area contributed by atoms with Gasteiger partial charge < -0.3 is 0 Å². The molecule has 0 saturated heterocycles. The van der Waals surface area contributed by atoms with Gasteiger partial charge in [0.15, 0.2) is 17.5 Å². The summed E-state index contributed by atoms with van der Waals surface area (Å²) >= 11 is 0. The Morgan fingerprint density at radius 1 is 0.283 bits per heavy atom. The Labute approximate surface area is 345 Å². The maximum Gasteiger partial charge on any atom is 0.164 e. The van der Waals surface area contributed by atoms with Crippen LogP contribution in [-0.4, -0.2) is 44.0 Å². The van der Waals surface area contributed by atoms with Crippen LogP contribution < -0.4 is 0 Å². The molecule has 60 heavy (non-hydrogen) atoms. The van der Waals surface area contributed by atoms with Crippen molar-refractivity contribution in [3.05, 3.63) is 201 Å². The summed E-state index contributed by atoms with van der Waals surface area (Å²) in [5.74, 6) is 3.41. The van der Waals surface area contributed by atoms with Gasteiger partial charge in [0.05, 0.1) is 22.1 Å². The van der Waals surface area contributed by atoms with E-state index in [4.69, 9.17) is 24.9 Å². The van der Waals surface area contributed by atoms with Crippen molar-refractivity contribution in [2.24, 2.45) is 0 Å². The lowest BCUT2D eigenvalue weighted by Crippen LogP contribution is -2.02. The van der Waals surface area contributed by atoms with E-state index in [1.807, 2.05) is 78.9 Å². The van der Waals surface area contributed by atoms with Gasteiger partial charge in [-0.15, -0.1) is 0 Å². The molecule has 9 nitrogen and oxygen atoms in total. The van der Waals surface area contributed by atoms with E-state index in [0.717, 1.165) is 84.0 Å². The molecule has 9 heteroatoms. The van der Waals surface area contributed by atoms with Gasteiger partial charge in [0.25, 0.3) is 0 Å². The van der Waals surface area contributed by atoms with Gasteiger partial charge >= 0.3 is 0 Å². The molecule has 0 N–H and O–H groups in total. The fourth-order valence-electron chi connectivity index (χ4n) is 7.71. The predicted octanol–water partition coefficient (Wildman–Crippen LogP) is 11.3. The van der Waals surface area contributed by atoms with Crippen LogP contribution in [0.4, 0.5) is 0 Å². The van der Waals surface area contributed by atoms with E-state index >= 15 is 0 Å². The lowest BCUT2D eigenvalue weighted by atomic mass is 10.0. The molecule has 0 unspecified atom stereocenters. The maximum absolute atomic E-state index is 5.12. The minimum atomic E-state index is 0.571. The van der Waals surface area contributed by atoms with Crippen molar-refractivity contribution in [3.8, 4) is 79.4 Å². The first-order chi connectivity index (χ1) is 29.7. The molecular weight excluding hydrogens is 739 g/mol. The zero-order valence-corrected chi connectivity index (χ0v) is 32.1. The van der Waals surface area contributed by atoms with Gasteiger partial charge in [-0.25, -0.2) is 24.9 Å². The number of imidazole rings is 2. The second kappa shape index (κ2) is 14.8. The Kier molecular flexibility index (Phi) is 8.59. The molecule has 0 aliphatic rings. The van der Waals surface area contributed by atoms with Crippen LogP contribution in [0.2, 0.25) is 0 Å². The van der Waals surface area contributed by atoms with E-state index < -0.39 is 0 Å². The van der Waals surface area contributed by atoms with Crippen LogP contribution in [0.25, 0.3) is 102 Å². The van der Waals surface area contributed by atoms with E-state index in [1.165, 1.54) is 0 Å². The number of hydrogen-bond donors (Lipinski definition) is 0. The average molecular weight is 772 g/mol. The number of aromatic nitrogens is 9. The van der Waals surface area contributed by atoms with E-state index in [9.17, 15) is 0 Å². The maximum atomic E-state index is 5.12. The fraction of sp³-hybridized carbons (Fsp3) is 0. The summed E-state index contributed by atoms with van der Waals surface area (Å²) < 4.78 is 4.36. The molecule has 0 spiro atoms. The molecule has 11 aromatic rings. The molecule has 5 heterocycles. The van der Waals surface area contributed by atoms with Crippen LogP contribution in [0.5, 0.6) is 0 Å². The smallest absolute Gasteiger partial charge is 0.164 e. The molecule has 11 rings (SSSR count). The summed E-state index contributed by atoms with van der Waals surface area (Å²) in [6.45, 7) is 0. The standard InChI is InChI=1S/C51H33N9/c1-2-9-34(10-3-1)39-11-8-12-40(33-39)49-57-47(35-17-21-41(22-18-35)59-45-15-6-4-13-43(45)54-50(59)37-25-29-52-30-26-37)56-48(58-49)36-19-23-42(24-20-36)60-46-16-7-5-14-44(46)55-51(60)38-27-31-53-32-28-38/h1-33H. The Bertz CT molecular complexity index is 3110. The van der Waals surface area contributed by atoms with Gasteiger partial charge in [-0.3, -0.25) is 19.1 Å². The number of fused-ring (bicyclic) bond motifs is 2. The summed E-state index contributed by atoms with van der Waals surface area (Å²) in [4.78, 5) is 33.8. The lowest BCUT2D eigenvalue weighted by molar-refractivity contribution is 1.07. The second-order valence-electron chi connectivity index (χ2n) is 14.3. The minimum absolute atomic E-state index is 0.571. The van der Waals surface area contributed by atoms with Crippen molar-refractivity contribution in [1.29, 1.82) is 0 Å². The average Bonchev–Trinajstić information content (AvgIpc) is 3.92. The first kappa shape index (κ1) is 34.8. The van der Waals surface area contributed by atoms with Gasteiger partial charge in [0.1, 0.15) is 11.6 Å². The molecule has 6 aromatic carbocycles. The molecule has 0 atom stereocenters. The number of nitrogens with zero attached hydrogens (tertiary/aromatic N) is 9. The van der Waals surface area contributed by atoms with Gasteiger partial charge in [-0.2, -0.15) is 0 Å². The van der Waals surface area contributed by atoms with E-state index in [0.29, 0.717) is 17.5 Å². The van der Waals surface area contributed by atoms with E-state index in [-0.39, 0.29) is 0 Å². The summed E-state index contributed by atoms with van der Waals surface area (Å²) in [6.07, 6.45) is 7.17. The zero-order chi connectivity index (χ0) is 39.8. The Morgan fingerprint density at radius 3 is 1.20 bits per heavy atom. The molecular formula is C51H33N9. The van der Waals surface area contributed by atoms with Crippen molar-refractivity contribution in [3.63, 3.8) is 0 Å². The first-order valence-electron chi connectivity index (χ1n) is 19.6. The summed E-state index contributed by atoms with van der Waals surface area (Å²) in [7, 11) is 0. The number of hydrogen-bond acceptors (Lipinski definition) is 7. The predicted molar refractivity (Wildman–Crippen MR) is 237 cm³/mol. The van der Waals surface area contributed by atoms with Crippen LogP contribution >= 0.6 is 0 Å². The third-order valence-electron chi connectivity index (χ3n) is 10.6. The summed E-state index contributed by atoms with van der Waals surface area (Å²) in [6, 6.07) is 59.6. The molecule has 0 radical (unpaired) electrons. The van der Waals surface area contributed by atoms with Crippen LogP contribution in [0.15, 0.2) is 201 Å². The van der Waals surface area contributed by atoms with Crippen molar-refractivity contribution in [2.45, 2.75) is 0 Å². The molecule has 0 saturated carbocycles. The van der Waals surface area contributed by atoms with Crippen molar-refractivity contribution >= 4 is 22.1 Å². The van der Waals surface area contributed by atoms with Gasteiger partial charge in [-0.05, 0) is 114 Å². The SMILES string of the molecule is c1ccc(-c2cccc(-c3nc(-c4ccc(-n5c(-c6ccncc6)nc6ccccc65)cc4)nc(-c4ccc(-n5c(-c6ccncc6)nc6ccccc65)cc4)n3)c2)cc1. The highest BCUT2D eigenvalue weighted by Gasteiger charge is 2.18. The minimum Gasteiger partial charge on any atom is -0.292 e. The molecule has 0 aliphatic carbocycles. The number of pyridine rings is 2.